The summed E-state index contributed by atoms with van der Waals surface area (Å²) in [6.07, 6.45) is 1.19. The summed E-state index contributed by atoms with van der Waals surface area (Å²) in [5.74, 6) is 0.0112. The monoisotopic (exact) mass is 220 g/mol. The molecule has 16 heavy (non-hydrogen) atoms. The first kappa shape index (κ1) is 11.1. The molecule has 4 heteroatoms. The number of carbonyl (C=O) groups excluding carboxylic acids is 1. The second-order valence-corrected chi connectivity index (χ2v) is 4.08. The molecule has 0 radical (unpaired) electrons. The van der Waals surface area contributed by atoms with Gasteiger partial charge in [0.25, 0.3) is 5.91 Å². The van der Waals surface area contributed by atoms with E-state index in [1.807, 2.05) is 31.2 Å². The van der Waals surface area contributed by atoms with Gasteiger partial charge in [0.05, 0.1) is 18.7 Å². The van der Waals surface area contributed by atoms with Gasteiger partial charge in [-0.15, -0.1) is 0 Å². The zero-order valence-electron chi connectivity index (χ0n) is 9.35. The van der Waals surface area contributed by atoms with Crippen LogP contribution in [0.15, 0.2) is 24.3 Å². The fourth-order valence-corrected chi connectivity index (χ4v) is 1.83. The van der Waals surface area contributed by atoms with Crippen LogP contribution in [-0.2, 0) is 16.1 Å². The van der Waals surface area contributed by atoms with Crippen LogP contribution in [0.3, 0.4) is 0 Å². The second kappa shape index (κ2) is 4.63. The van der Waals surface area contributed by atoms with Gasteiger partial charge >= 0.3 is 0 Å². The van der Waals surface area contributed by atoms with Gasteiger partial charge in [0.15, 0.2) is 0 Å². The van der Waals surface area contributed by atoms with Crippen molar-refractivity contribution in [2.75, 3.05) is 11.7 Å². The summed E-state index contributed by atoms with van der Waals surface area (Å²) in [5, 5.41) is 1.39. The predicted octanol–water partition coefficient (Wildman–Crippen LogP) is 1.24. The van der Waals surface area contributed by atoms with E-state index in [2.05, 4.69) is 0 Å². The fraction of sp³-hybridized carbons (Fsp3) is 0.417. The van der Waals surface area contributed by atoms with Crippen LogP contribution in [0.2, 0.25) is 0 Å². The van der Waals surface area contributed by atoms with Crippen LogP contribution in [0.4, 0.5) is 5.69 Å². The molecule has 0 aromatic heterocycles. The molecule has 1 atom stereocenters. The highest BCUT2D eigenvalue weighted by Gasteiger charge is 2.25. The minimum absolute atomic E-state index is 0.0112. The normalized spacial score (nSPS) is 17.9. The summed E-state index contributed by atoms with van der Waals surface area (Å²) in [6, 6.07) is 7.78. The molecule has 4 nitrogen and oxygen atoms in total. The van der Waals surface area contributed by atoms with Gasteiger partial charge in [0.2, 0.25) is 0 Å². The average Bonchev–Trinajstić information content (AvgIpc) is 2.64. The molecule has 1 aromatic carbocycles. The van der Waals surface area contributed by atoms with E-state index in [1.165, 1.54) is 5.06 Å². The fourth-order valence-electron chi connectivity index (χ4n) is 1.83. The molecule has 2 rings (SSSR count). The van der Waals surface area contributed by atoms with Crippen LogP contribution >= 0.6 is 0 Å². The number of carbonyl (C=O) groups is 1. The van der Waals surface area contributed by atoms with E-state index >= 15 is 0 Å². The number of hydrogen-bond donors (Lipinski definition) is 1. The maximum Gasteiger partial charge on any atom is 0.253 e. The molecule has 1 amide bonds. The van der Waals surface area contributed by atoms with Crippen molar-refractivity contribution in [1.29, 1.82) is 0 Å². The molecular weight excluding hydrogens is 204 g/mol. The summed E-state index contributed by atoms with van der Waals surface area (Å²) in [5.41, 5.74) is 7.65. The lowest BCUT2D eigenvalue weighted by atomic mass is 10.1. The third-order valence-corrected chi connectivity index (χ3v) is 2.52. The maximum absolute atomic E-state index is 11.6. The van der Waals surface area contributed by atoms with Crippen molar-refractivity contribution in [2.24, 2.45) is 5.73 Å². The molecule has 1 aliphatic rings. The number of hydroxylamine groups is 1. The lowest BCUT2D eigenvalue weighted by molar-refractivity contribution is -0.119. The molecule has 0 saturated carbocycles. The zero-order valence-corrected chi connectivity index (χ0v) is 9.35. The Balaban J connectivity index is 2.28. The van der Waals surface area contributed by atoms with Crippen LogP contribution in [0, 0.1) is 0 Å². The van der Waals surface area contributed by atoms with Gasteiger partial charge in [-0.05, 0) is 25.0 Å². The third-order valence-electron chi connectivity index (χ3n) is 2.52. The standard InChI is InChI=1S/C12H16N2O2/c1-9(13)8-10-4-2-3-5-11(10)14-12(15)6-7-16-14/h2-5,9H,6-8,13H2,1H3. The summed E-state index contributed by atoms with van der Waals surface area (Å²) in [6.45, 7) is 2.41. The summed E-state index contributed by atoms with van der Waals surface area (Å²) in [4.78, 5) is 16.9. The van der Waals surface area contributed by atoms with Crippen molar-refractivity contribution in [2.45, 2.75) is 25.8 Å². The number of para-hydroxylation sites is 1. The first-order valence-corrected chi connectivity index (χ1v) is 5.48. The van der Waals surface area contributed by atoms with Gasteiger partial charge in [0, 0.05) is 6.04 Å². The molecule has 1 heterocycles. The van der Waals surface area contributed by atoms with E-state index < -0.39 is 0 Å². The lowest BCUT2D eigenvalue weighted by Crippen LogP contribution is -2.25. The highest BCUT2D eigenvalue weighted by molar-refractivity contribution is 5.93. The summed E-state index contributed by atoms with van der Waals surface area (Å²) < 4.78 is 0. The van der Waals surface area contributed by atoms with Crippen LogP contribution in [0.25, 0.3) is 0 Å². The maximum atomic E-state index is 11.6. The van der Waals surface area contributed by atoms with Crippen LogP contribution < -0.4 is 10.8 Å². The predicted molar refractivity (Wildman–Crippen MR) is 61.9 cm³/mol. The topological polar surface area (TPSA) is 55.6 Å². The van der Waals surface area contributed by atoms with Gasteiger partial charge in [0.1, 0.15) is 0 Å². The number of nitrogens with zero attached hydrogens (tertiary/aromatic N) is 1. The van der Waals surface area contributed by atoms with Gasteiger partial charge in [-0.2, -0.15) is 5.06 Å². The molecule has 1 aromatic rings. The van der Waals surface area contributed by atoms with Crippen LogP contribution in [0.5, 0.6) is 0 Å². The van der Waals surface area contributed by atoms with Gasteiger partial charge in [-0.1, -0.05) is 18.2 Å². The van der Waals surface area contributed by atoms with Crippen molar-refractivity contribution in [3.63, 3.8) is 0 Å². The molecule has 1 unspecified atom stereocenters. The number of amides is 1. The van der Waals surface area contributed by atoms with Gasteiger partial charge in [-0.3, -0.25) is 9.63 Å². The van der Waals surface area contributed by atoms with Gasteiger partial charge in [-0.25, -0.2) is 0 Å². The van der Waals surface area contributed by atoms with E-state index in [1.54, 1.807) is 0 Å². The Bertz CT molecular complexity index is 390. The van der Waals surface area contributed by atoms with E-state index in [0.717, 1.165) is 17.7 Å². The van der Waals surface area contributed by atoms with Crippen LogP contribution in [0.1, 0.15) is 18.9 Å². The molecule has 2 N–H and O–H groups in total. The van der Waals surface area contributed by atoms with Crippen molar-refractivity contribution < 1.29 is 9.63 Å². The minimum Gasteiger partial charge on any atom is -0.328 e. The first-order valence-electron chi connectivity index (χ1n) is 5.48. The highest BCUT2D eigenvalue weighted by Crippen LogP contribution is 2.25. The highest BCUT2D eigenvalue weighted by atomic mass is 16.7. The number of benzene rings is 1. The van der Waals surface area contributed by atoms with E-state index in [4.69, 9.17) is 10.6 Å². The third kappa shape index (κ3) is 2.23. The molecular formula is C12H16N2O2. The molecule has 86 valence electrons. The second-order valence-electron chi connectivity index (χ2n) is 4.08. The van der Waals surface area contributed by atoms with E-state index in [9.17, 15) is 4.79 Å². The quantitative estimate of drug-likeness (QED) is 0.834. The molecule has 1 saturated heterocycles. The SMILES string of the molecule is CC(N)Cc1ccccc1N1OCCC1=O. The molecule has 0 bridgehead atoms. The van der Waals surface area contributed by atoms with Crippen molar-refractivity contribution in [3.05, 3.63) is 29.8 Å². The van der Waals surface area contributed by atoms with Crippen molar-refractivity contribution >= 4 is 11.6 Å². The number of anilines is 1. The zero-order chi connectivity index (χ0) is 11.5. The molecule has 1 fully saturated rings. The van der Waals surface area contributed by atoms with E-state index in [-0.39, 0.29) is 11.9 Å². The Morgan fingerprint density at radius 1 is 1.50 bits per heavy atom. The summed E-state index contributed by atoms with van der Waals surface area (Å²) >= 11 is 0. The summed E-state index contributed by atoms with van der Waals surface area (Å²) in [7, 11) is 0. The van der Waals surface area contributed by atoms with E-state index in [0.29, 0.717) is 13.0 Å². The largest absolute Gasteiger partial charge is 0.328 e. The smallest absolute Gasteiger partial charge is 0.253 e. The number of nitrogens with two attached hydrogens (primary N) is 1. The molecule has 1 aliphatic heterocycles. The number of hydrogen-bond acceptors (Lipinski definition) is 3. The average molecular weight is 220 g/mol. The Kier molecular flexibility index (Phi) is 3.22. The Hall–Kier alpha value is -1.39. The molecule has 0 aliphatic carbocycles. The first-order chi connectivity index (χ1) is 7.68. The Morgan fingerprint density at radius 2 is 2.25 bits per heavy atom. The van der Waals surface area contributed by atoms with Crippen LogP contribution in [-0.4, -0.2) is 18.6 Å². The number of rotatable bonds is 3. The van der Waals surface area contributed by atoms with Crippen molar-refractivity contribution in [3.8, 4) is 0 Å². The Morgan fingerprint density at radius 3 is 2.88 bits per heavy atom. The van der Waals surface area contributed by atoms with Crippen molar-refractivity contribution in [1.82, 2.24) is 0 Å². The molecule has 0 spiro atoms. The minimum atomic E-state index is 0.0112. The Labute approximate surface area is 94.9 Å². The van der Waals surface area contributed by atoms with Gasteiger partial charge < -0.3 is 5.73 Å². The lowest BCUT2D eigenvalue weighted by Gasteiger charge is -2.18.